The van der Waals surface area contributed by atoms with Crippen molar-refractivity contribution in [2.75, 3.05) is 99.4 Å². The van der Waals surface area contributed by atoms with E-state index in [-0.39, 0.29) is 88.5 Å². The summed E-state index contributed by atoms with van der Waals surface area (Å²) in [4.78, 5) is 61.9. The molecule has 0 aromatic rings. The number of methoxy groups -OCH3 is 2. The molecular formula is C20H38N5NaO10. The third-order valence-corrected chi connectivity index (χ3v) is 4.53. The molecule has 204 valence electrons. The van der Waals surface area contributed by atoms with Crippen molar-refractivity contribution in [3.8, 4) is 0 Å². The Kier molecular flexibility index (Phi) is 22.5. The van der Waals surface area contributed by atoms with Crippen LogP contribution in [0, 0.1) is 0 Å². The average molecular weight is 532 g/mol. The first-order valence-corrected chi connectivity index (χ1v) is 10.9. The second-order valence-corrected chi connectivity index (χ2v) is 7.56. The van der Waals surface area contributed by atoms with Crippen molar-refractivity contribution in [2.24, 2.45) is 0 Å². The summed E-state index contributed by atoms with van der Waals surface area (Å²) in [6.07, 6.45) is 0. The first-order chi connectivity index (χ1) is 16.6. The Morgan fingerprint density at radius 2 is 0.889 bits per heavy atom. The number of carboxylic acid groups (broad SMARTS) is 3. The van der Waals surface area contributed by atoms with Crippen molar-refractivity contribution in [1.82, 2.24) is 25.3 Å². The molecule has 0 unspecified atom stereocenters. The molecule has 0 rings (SSSR count). The molecule has 0 radical (unpaired) electrons. The topological polar surface area (TPSA) is 198 Å². The zero-order valence-corrected chi connectivity index (χ0v) is 20.2. The van der Waals surface area contributed by atoms with E-state index in [9.17, 15) is 29.1 Å². The third-order valence-electron chi connectivity index (χ3n) is 4.53. The van der Waals surface area contributed by atoms with E-state index in [2.05, 4.69) is 10.6 Å². The summed E-state index contributed by atoms with van der Waals surface area (Å²) in [6.45, 7) is -0.159. The van der Waals surface area contributed by atoms with Gasteiger partial charge in [0.25, 0.3) is 0 Å². The number of carbonyl (C=O) groups excluding carboxylic acids is 2. The molecule has 0 heterocycles. The van der Waals surface area contributed by atoms with Crippen LogP contribution >= 0.6 is 0 Å². The summed E-state index contributed by atoms with van der Waals surface area (Å²) in [5.41, 5.74) is 0. The normalized spacial score (nSPS) is 10.8. The van der Waals surface area contributed by atoms with Crippen LogP contribution in [0.15, 0.2) is 0 Å². The molecular weight excluding hydrogens is 493 g/mol. The van der Waals surface area contributed by atoms with Gasteiger partial charge in [0.15, 0.2) is 0 Å². The first-order valence-electron chi connectivity index (χ1n) is 10.9. The van der Waals surface area contributed by atoms with Crippen molar-refractivity contribution in [1.29, 1.82) is 0 Å². The molecule has 5 N–H and O–H groups in total. The molecule has 0 atom stereocenters. The predicted molar refractivity (Wildman–Crippen MR) is 129 cm³/mol. The van der Waals surface area contributed by atoms with Crippen molar-refractivity contribution in [3.05, 3.63) is 0 Å². The van der Waals surface area contributed by atoms with Gasteiger partial charge in [0.1, 0.15) is 0 Å². The Morgan fingerprint density at radius 1 is 0.583 bits per heavy atom. The standard InChI is InChI=1S/C20H37N5O10.Na.H/c1-34-9-3-21-16(26)11-24(14-19(30)31)7-5-23(13-18(28)29)6-8-25(15-20(32)33)12-17(27)22-4-10-35-2;;/h3-15H2,1-2H3,(H,21,26)(H,22,27)(H,28,29)(H,30,31)(H,32,33);;. The second kappa shape index (κ2) is 22.4. The van der Waals surface area contributed by atoms with Crippen LogP contribution in [0.25, 0.3) is 0 Å². The fourth-order valence-electron chi connectivity index (χ4n) is 2.94. The van der Waals surface area contributed by atoms with Crippen molar-refractivity contribution < 1.29 is 48.8 Å². The summed E-state index contributed by atoms with van der Waals surface area (Å²) in [6, 6.07) is 0. The molecule has 0 aliphatic rings. The van der Waals surface area contributed by atoms with E-state index in [4.69, 9.17) is 19.7 Å². The van der Waals surface area contributed by atoms with Gasteiger partial charge in [-0.2, -0.15) is 0 Å². The van der Waals surface area contributed by atoms with Crippen molar-refractivity contribution >= 4 is 59.3 Å². The van der Waals surface area contributed by atoms with Gasteiger partial charge in [-0.25, -0.2) is 0 Å². The van der Waals surface area contributed by atoms with E-state index in [0.717, 1.165) is 0 Å². The average Bonchev–Trinajstić information content (AvgIpc) is 2.74. The second-order valence-electron chi connectivity index (χ2n) is 7.56. The van der Waals surface area contributed by atoms with E-state index in [1.54, 1.807) is 0 Å². The maximum absolute atomic E-state index is 12.0. The van der Waals surface area contributed by atoms with E-state index in [1.165, 1.54) is 28.9 Å². The van der Waals surface area contributed by atoms with Gasteiger partial charge < -0.3 is 35.4 Å². The number of rotatable bonds is 22. The van der Waals surface area contributed by atoms with Crippen LogP contribution in [0.5, 0.6) is 0 Å². The fraction of sp³-hybridized carbons (Fsp3) is 0.750. The summed E-state index contributed by atoms with van der Waals surface area (Å²) in [5, 5.41) is 32.7. The van der Waals surface area contributed by atoms with E-state index in [1.807, 2.05) is 0 Å². The van der Waals surface area contributed by atoms with Crippen LogP contribution in [0.3, 0.4) is 0 Å². The Bertz CT molecular complexity index is 637. The van der Waals surface area contributed by atoms with Crippen LogP contribution in [-0.2, 0) is 33.4 Å². The number of carbonyl (C=O) groups is 5. The van der Waals surface area contributed by atoms with Gasteiger partial charge in [0.2, 0.25) is 11.8 Å². The van der Waals surface area contributed by atoms with Gasteiger partial charge in [0, 0.05) is 53.5 Å². The molecule has 0 fully saturated rings. The number of ether oxygens (including phenoxy) is 2. The van der Waals surface area contributed by atoms with Gasteiger partial charge in [-0.3, -0.25) is 38.7 Å². The summed E-state index contributed by atoms with van der Waals surface area (Å²) < 4.78 is 9.68. The number of amides is 2. The number of nitrogens with one attached hydrogen (secondary N) is 2. The summed E-state index contributed by atoms with van der Waals surface area (Å²) >= 11 is 0. The third kappa shape index (κ3) is 21.4. The summed E-state index contributed by atoms with van der Waals surface area (Å²) in [5.74, 6) is -4.23. The molecule has 0 aromatic carbocycles. The quantitative estimate of drug-likeness (QED) is 0.0670. The van der Waals surface area contributed by atoms with Crippen LogP contribution < -0.4 is 10.6 Å². The van der Waals surface area contributed by atoms with Gasteiger partial charge >= 0.3 is 47.5 Å². The van der Waals surface area contributed by atoms with Gasteiger partial charge in [-0.05, 0) is 0 Å². The van der Waals surface area contributed by atoms with E-state index < -0.39 is 42.8 Å². The predicted octanol–water partition coefficient (Wildman–Crippen LogP) is -3.98. The SMILES string of the molecule is COCCNC(=O)CN(CCN(CCN(CC(=O)O)CC(=O)NCCOC)CC(=O)O)CC(=O)O.[NaH]. The van der Waals surface area contributed by atoms with Gasteiger partial charge in [-0.15, -0.1) is 0 Å². The van der Waals surface area contributed by atoms with E-state index in [0.29, 0.717) is 13.2 Å². The zero-order chi connectivity index (χ0) is 26.6. The number of hydrogen-bond acceptors (Lipinski definition) is 10. The molecule has 0 saturated carbocycles. The molecule has 0 aliphatic carbocycles. The maximum atomic E-state index is 12.0. The van der Waals surface area contributed by atoms with Crippen LogP contribution in [0.2, 0.25) is 0 Å². The minimum absolute atomic E-state index is 0. The van der Waals surface area contributed by atoms with Gasteiger partial charge in [0.05, 0.1) is 45.9 Å². The minimum atomic E-state index is -1.15. The number of carboxylic acids is 3. The molecule has 15 nitrogen and oxygen atoms in total. The Balaban J connectivity index is 0. The number of aliphatic carboxylic acids is 3. The Morgan fingerprint density at radius 3 is 1.19 bits per heavy atom. The molecule has 0 spiro atoms. The van der Waals surface area contributed by atoms with Gasteiger partial charge in [-0.1, -0.05) is 0 Å². The molecule has 2 amide bonds. The molecule has 0 saturated heterocycles. The number of nitrogens with zero attached hydrogens (tertiary/aromatic N) is 3. The molecule has 36 heavy (non-hydrogen) atoms. The monoisotopic (exact) mass is 531 g/mol. The Labute approximate surface area is 232 Å². The first kappa shape index (κ1) is 36.3. The van der Waals surface area contributed by atoms with Crippen molar-refractivity contribution in [2.45, 2.75) is 0 Å². The van der Waals surface area contributed by atoms with Crippen LogP contribution in [-0.4, -0.2) is 189 Å². The molecule has 0 aliphatic heterocycles. The summed E-state index contributed by atoms with van der Waals surface area (Å²) in [7, 11) is 2.96. The molecule has 0 bridgehead atoms. The van der Waals surface area contributed by atoms with Crippen molar-refractivity contribution in [3.63, 3.8) is 0 Å². The van der Waals surface area contributed by atoms with E-state index >= 15 is 0 Å². The van der Waals surface area contributed by atoms with Crippen LogP contribution in [0.1, 0.15) is 0 Å². The zero-order valence-electron chi connectivity index (χ0n) is 20.2. The molecule has 16 heteroatoms. The van der Waals surface area contributed by atoms with Crippen LogP contribution in [0.4, 0.5) is 0 Å². The molecule has 0 aromatic heterocycles. The fourth-order valence-corrected chi connectivity index (χ4v) is 2.94. The number of hydrogen-bond donors (Lipinski definition) is 5. The Hall–Kier alpha value is -1.85.